The van der Waals surface area contributed by atoms with Crippen LogP contribution in [0.15, 0.2) is 47.8 Å². The van der Waals surface area contributed by atoms with Gasteiger partial charge in [-0.05, 0) is 37.1 Å². The Hall–Kier alpha value is -2.69. The molecule has 2 rings (SSSR count). The predicted molar refractivity (Wildman–Crippen MR) is 81.4 cm³/mol. The third kappa shape index (κ3) is 4.42. The molecule has 0 radical (unpaired) electrons. The fourth-order valence-electron chi connectivity index (χ4n) is 1.69. The van der Waals surface area contributed by atoms with E-state index in [-0.39, 0.29) is 12.5 Å². The first-order valence-corrected chi connectivity index (χ1v) is 6.58. The van der Waals surface area contributed by atoms with Gasteiger partial charge in [0.1, 0.15) is 5.75 Å². The van der Waals surface area contributed by atoms with Gasteiger partial charge in [0.25, 0.3) is 5.91 Å². The number of aromatic nitrogens is 1. The molecular weight excluding hydrogens is 266 g/mol. The van der Waals surface area contributed by atoms with Gasteiger partial charge in [-0.15, -0.1) is 0 Å². The zero-order chi connectivity index (χ0) is 15.1. The lowest BCUT2D eigenvalue weighted by Crippen LogP contribution is -2.24. The fourth-order valence-corrected chi connectivity index (χ4v) is 1.69. The maximum atomic E-state index is 11.6. The lowest BCUT2D eigenvalue weighted by Gasteiger charge is -2.09. The Morgan fingerprint density at radius 2 is 2.19 bits per heavy atom. The average Bonchev–Trinajstić information content (AvgIpc) is 2.50. The summed E-state index contributed by atoms with van der Waals surface area (Å²) in [5.74, 6) is 0.400. The smallest absolute Gasteiger partial charge is 0.277 e. The summed E-state index contributed by atoms with van der Waals surface area (Å²) in [6.45, 7) is 3.89. The highest BCUT2D eigenvalue weighted by atomic mass is 16.5. The Balaban J connectivity index is 1.83. The number of amides is 1. The maximum Gasteiger partial charge on any atom is 0.277 e. The van der Waals surface area contributed by atoms with Crippen molar-refractivity contribution in [1.82, 2.24) is 10.4 Å². The second kappa shape index (κ2) is 7.19. The minimum atomic E-state index is -0.309. The summed E-state index contributed by atoms with van der Waals surface area (Å²) in [7, 11) is 0. The van der Waals surface area contributed by atoms with Gasteiger partial charge in [0.05, 0.1) is 6.21 Å². The van der Waals surface area contributed by atoms with Crippen LogP contribution in [0, 0.1) is 13.8 Å². The Bertz CT molecular complexity index is 639. The fraction of sp³-hybridized carbons (Fsp3) is 0.188. The number of benzene rings is 1. The third-order valence-corrected chi connectivity index (χ3v) is 3.00. The molecule has 0 spiro atoms. The van der Waals surface area contributed by atoms with Crippen molar-refractivity contribution in [1.29, 1.82) is 0 Å². The van der Waals surface area contributed by atoms with Crippen LogP contribution in [0.2, 0.25) is 0 Å². The number of aryl methyl sites for hydroxylation is 1. The number of hydrogen-bond donors (Lipinski definition) is 1. The van der Waals surface area contributed by atoms with Gasteiger partial charge in [-0.2, -0.15) is 5.10 Å². The van der Waals surface area contributed by atoms with Crippen LogP contribution in [-0.4, -0.2) is 23.7 Å². The van der Waals surface area contributed by atoms with Crippen LogP contribution in [0.3, 0.4) is 0 Å². The zero-order valence-corrected chi connectivity index (χ0v) is 12.0. The number of nitrogens with one attached hydrogen (secondary N) is 1. The summed E-state index contributed by atoms with van der Waals surface area (Å²) in [5.41, 5.74) is 5.39. The SMILES string of the molecule is Cc1cccc(OCC(=O)N/N=C\c2cccnc2)c1C. The van der Waals surface area contributed by atoms with Crippen LogP contribution in [0.5, 0.6) is 5.75 Å². The van der Waals surface area contributed by atoms with Crippen molar-refractivity contribution >= 4 is 12.1 Å². The van der Waals surface area contributed by atoms with E-state index in [0.29, 0.717) is 5.75 Å². The van der Waals surface area contributed by atoms with Gasteiger partial charge in [0, 0.05) is 18.0 Å². The van der Waals surface area contributed by atoms with Crippen molar-refractivity contribution in [2.75, 3.05) is 6.61 Å². The molecule has 1 heterocycles. The monoisotopic (exact) mass is 283 g/mol. The molecule has 0 aliphatic heterocycles. The summed E-state index contributed by atoms with van der Waals surface area (Å²) < 4.78 is 5.48. The van der Waals surface area contributed by atoms with Crippen LogP contribution in [-0.2, 0) is 4.79 Å². The summed E-state index contributed by atoms with van der Waals surface area (Å²) in [4.78, 5) is 15.6. The van der Waals surface area contributed by atoms with E-state index in [4.69, 9.17) is 4.74 Å². The van der Waals surface area contributed by atoms with Crippen LogP contribution in [0.1, 0.15) is 16.7 Å². The number of rotatable bonds is 5. The lowest BCUT2D eigenvalue weighted by atomic mass is 10.1. The highest BCUT2D eigenvalue weighted by molar-refractivity contribution is 5.82. The van der Waals surface area contributed by atoms with E-state index in [2.05, 4.69) is 15.5 Å². The van der Waals surface area contributed by atoms with Crippen LogP contribution in [0.25, 0.3) is 0 Å². The molecule has 21 heavy (non-hydrogen) atoms. The molecule has 1 amide bonds. The first-order chi connectivity index (χ1) is 10.2. The molecule has 2 aromatic rings. The molecule has 108 valence electrons. The summed E-state index contributed by atoms with van der Waals surface area (Å²) in [6, 6.07) is 9.38. The Morgan fingerprint density at radius 3 is 2.95 bits per heavy atom. The molecule has 1 aromatic carbocycles. The van der Waals surface area contributed by atoms with Gasteiger partial charge >= 0.3 is 0 Å². The Morgan fingerprint density at radius 1 is 1.33 bits per heavy atom. The van der Waals surface area contributed by atoms with Gasteiger partial charge in [-0.1, -0.05) is 18.2 Å². The molecule has 5 nitrogen and oxygen atoms in total. The minimum absolute atomic E-state index is 0.0747. The maximum absolute atomic E-state index is 11.6. The zero-order valence-electron chi connectivity index (χ0n) is 12.0. The molecule has 0 unspecified atom stereocenters. The molecule has 0 saturated carbocycles. The summed E-state index contributed by atoms with van der Waals surface area (Å²) >= 11 is 0. The average molecular weight is 283 g/mol. The second-order valence-corrected chi connectivity index (χ2v) is 4.57. The van der Waals surface area contributed by atoms with E-state index in [1.54, 1.807) is 18.5 Å². The van der Waals surface area contributed by atoms with Gasteiger partial charge in [0.2, 0.25) is 0 Å². The van der Waals surface area contributed by atoms with Crippen molar-refractivity contribution in [3.05, 3.63) is 59.4 Å². The highest BCUT2D eigenvalue weighted by Gasteiger charge is 2.05. The molecule has 0 fully saturated rings. The van der Waals surface area contributed by atoms with Gasteiger partial charge < -0.3 is 4.74 Å². The van der Waals surface area contributed by atoms with E-state index in [9.17, 15) is 4.79 Å². The number of hydrogen-bond acceptors (Lipinski definition) is 4. The predicted octanol–water partition coefficient (Wildman–Crippen LogP) is 2.23. The van der Waals surface area contributed by atoms with Crippen LogP contribution in [0.4, 0.5) is 0 Å². The molecule has 0 saturated heterocycles. The topological polar surface area (TPSA) is 63.6 Å². The number of hydrazone groups is 1. The molecule has 1 aromatic heterocycles. The van der Waals surface area contributed by atoms with Crippen molar-refractivity contribution < 1.29 is 9.53 Å². The van der Waals surface area contributed by atoms with Gasteiger partial charge in [-0.25, -0.2) is 5.43 Å². The Kier molecular flexibility index (Phi) is 5.04. The van der Waals surface area contributed by atoms with Crippen molar-refractivity contribution in [3.8, 4) is 5.75 Å². The van der Waals surface area contributed by atoms with Crippen molar-refractivity contribution in [2.24, 2.45) is 5.10 Å². The van der Waals surface area contributed by atoms with Crippen molar-refractivity contribution in [2.45, 2.75) is 13.8 Å². The molecule has 5 heteroatoms. The van der Waals surface area contributed by atoms with E-state index in [0.717, 1.165) is 16.7 Å². The lowest BCUT2D eigenvalue weighted by molar-refractivity contribution is -0.123. The third-order valence-electron chi connectivity index (χ3n) is 3.00. The van der Waals surface area contributed by atoms with E-state index >= 15 is 0 Å². The quantitative estimate of drug-likeness (QED) is 0.676. The minimum Gasteiger partial charge on any atom is -0.483 e. The molecule has 0 bridgehead atoms. The molecule has 1 N–H and O–H groups in total. The van der Waals surface area contributed by atoms with Crippen molar-refractivity contribution in [3.63, 3.8) is 0 Å². The van der Waals surface area contributed by atoms with Gasteiger partial charge in [-0.3, -0.25) is 9.78 Å². The summed E-state index contributed by atoms with van der Waals surface area (Å²) in [6.07, 6.45) is 4.86. The van der Waals surface area contributed by atoms with E-state index in [1.807, 2.05) is 38.1 Å². The van der Waals surface area contributed by atoms with Gasteiger partial charge in [0.15, 0.2) is 6.61 Å². The molecule has 0 aliphatic carbocycles. The number of nitrogens with zero attached hydrogens (tertiary/aromatic N) is 2. The first-order valence-electron chi connectivity index (χ1n) is 6.58. The van der Waals surface area contributed by atoms with E-state index < -0.39 is 0 Å². The first kappa shape index (κ1) is 14.7. The second-order valence-electron chi connectivity index (χ2n) is 4.57. The largest absolute Gasteiger partial charge is 0.483 e. The highest BCUT2D eigenvalue weighted by Crippen LogP contribution is 2.20. The molecule has 0 atom stereocenters. The van der Waals surface area contributed by atoms with Crippen LogP contribution < -0.4 is 10.2 Å². The molecular formula is C16H17N3O2. The van der Waals surface area contributed by atoms with Crippen LogP contribution >= 0.6 is 0 Å². The normalized spacial score (nSPS) is 10.6. The van der Waals surface area contributed by atoms with E-state index in [1.165, 1.54) is 6.21 Å². The summed E-state index contributed by atoms with van der Waals surface area (Å²) in [5, 5.41) is 3.85. The number of pyridine rings is 1. The Labute approximate surface area is 123 Å². The number of carbonyl (C=O) groups excluding carboxylic acids is 1. The number of carbonyl (C=O) groups is 1. The molecule has 0 aliphatic rings. The number of ether oxygens (including phenoxy) is 1. The standard InChI is InChI=1S/C16H17N3O2/c1-12-5-3-7-15(13(12)2)21-11-16(20)19-18-10-14-6-4-8-17-9-14/h3-10H,11H2,1-2H3,(H,19,20)/b18-10-.